The Balaban J connectivity index is 1.42. The highest BCUT2D eigenvalue weighted by atomic mass is 16.5. The molecule has 1 aromatic rings. The van der Waals surface area contributed by atoms with Gasteiger partial charge in [0, 0.05) is 58.2 Å². The normalized spacial score (nSPS) is 24.6. The molecule has 1 N–H and O–H groups in total. The molecule has 0 aliphatic carbocycles. The molecule has 8 heteroatoms. The number of nitrogens with zero attached hydrogens (tertiary/aromatic N) is 2. The zero-order valence-electron chi connectivity index (χ0n) is 17.9. The molecular formula is C22H33N3O5. The van der Waals surface area contributed by atoms with Crippen molar-refractivity contribution >= 4 is 5.91 Å². The van der Waals surface area contributed by atoms with Gasteiger partial charge in [-0.2, -0.15) is 0 Å². The first-order valence-corrected chi connectivity index (χ1v) is 11.1. The van der Waals surface area contributed by atoms with Crippen LogP contribution in [0.3, 0.4) is 0 Å². The van der Waals surface area contributed by atoms with Gasteiger partial charge >= 0.3 is 0 Å². The molecule has 4 rings (SSSR count). The second kappa shape index (κ2) is 9.60. The van der Waals surface area contributed by atoms with Crippen molar-refractivity contribution in [3.8, 4) is 0 Å². The number of morpholine rings is 1. The maximum absolute atomic E-state index is 13.1. The summed E-state index contributed by atoms with van der Waals surface area (Å²) in [6.45, 7) is 8.42. The van der Waals surface area contributed by atoms with Gasteiger partial charge in [0.2, 0.25) is 0 Å². The highest BCUT2D eigenvalue weighted by molar-refractivity contribution is 5.95. The first-order chi connectivity index (χ1) is 14.6. The number of nitrogens with one attached hydrogen (secondary N) is 1. The Labute approximate surface area is 177 Å². The standard InChI is InChI=1S/C22H33N3O5/c1-17-2-6-25(8-7-24-9-14-29-15-10-24)21(27)19(17)20(26)23-18-3-11-30-22(16-18)4-12-28-13-5-22/h2,6,18H,3-5,7-16H2,1H3,(H,23,26). The van der Waals surface area contributed by atoms with E-state index in [1.807, 2.05) is 13.0 Å². The summed E-state index contributed by atoms with van der Waals surface area (Å²) in [5, 5.41) is 3.12. The Kier molecular flexibility index (Phi) is 6.87. The van der Waals surface area contributed by atoms with Gasteiger partial charge in [-0.1, -0.05) is 0 Å². The molecular weight excluding hydrogens is 386 g/mol. The highest BCUT2D eigenvalue weighted by Gasteiger charge is 2.39. The van der Waals surface area contributed by atoms with Crippen molar-refractivity contribution in [1.29, 1.82) is 0 Å². The van der Waals surface area contributed by atoms with Crippen LogP contribution in [-0.4, -0.2) is 79.7 Å². The quantitative estimate of drug-likeness (QED) is 0.765. The van der Waals surface area contributed by atoms with E-state index in [9.17, 15) is 9.59 Å². The lowest BCUT2D eigenvalue weighted by Crippen LogP contribution is -2.51. The molecule has 3 aliphatic heterocycles. The average Bonchev–Trinajstić information content (AvgIpc) is 2.74. The van der Waals surface area contributed by atoms with Crippen LogP contribution in [0, 0.1) is 6.92 Å². The number of aromatic nitrogens is 1. The van der Waals surface area contributed by atoms with Gasteiger partial charge in [-0.15, -0.1) is 0 Å². The molecule has 4 heterocycles. The van der Waals surface area contributed by atoms with E-state index in [1.165, 1.54) is 0 Å². The van der Waals surface area contributed by atoms with E-state index < -0.39 is 0 Å². The number of hydrogen-bond donors (Lipinski definition) is 1. The third kappa shape index (κ3) is 4.94. The van der Waals surface area contributed by atoms with Gasteiger partial charge in [-0.25, -0.2) is 0 Å². The lowest BCUT2D eigenvalue weighted by molar-refractivity contribution is -0.139. The van der Waals surface area contributed by atoms with Crippen LogP contribution in [0.2, 0.25) is 0 Å². The smallest absolute Gasteiger partial charge is 0.263 e. The fourth-order valence-corrected chi connectivity index (χ4v) is 4.69. The third-order valence-electron chi connectivity index (χ3n) is 6.59. The van der Waals surface area contributed by atoms with Crippen LogP contribution in [0.4, 0.5) is 0 Å². The molecule has 1 amide bonds. The summed E-state index contributed by atoms with van der Waals surface area (Å²) in [7, 11) is 0. The summed E-state index contributed by atoms with van der Waals surface area (Å²) < 4.78 is 18.6. The van der Waals surface area contributed by atoms with Crippen molar-refractivity contribution < 1.29 is 19.0 Å². The first kappa shape index (κ1) is 21.5. The zero-order chi connectivity index (χ0) is 21.0. The maximum atomic E-state index is 13.1. The minimum Gasteiger partial charge on any atom is -0.381 e. The topological polar surface area (TPSA) is 82.0 Å². The Hall–Kier alpha value is -1.74. The van der Waals surface area contributed by atoms with Gasteiger partial charge in [-0.05, 0) is 44.2 Å². The SMILES string of the molecule is Cc1ccn(CCN2CCOCC2)c(=O)c1C(=O)NC1CCOC2(CCOCC2)C1. The molecule has 0 aromatic carbocycles. The predicted molar refractivity (Wildman–Crippen MR) is 112 cm³/mol. The lowest BCUT2D eigenvalue weighted by atomic mass is 9.84. The molecule has 166 valence electrons. The second-order valence-electron chi connectivity index (χ2n) is 8.63. The van der Waals surface area contributed by atoms with Crippen molar-refractivity contribution in [3.63, 3.8) is 0 Å². The molecule has 30 heavy (non-hydrogen) atoms. The molecule has 3 fully saturated rings. The van der Waals surface area contributed by atoms with Crippen LogP contribution in [0.15, 0.2) is 17.1 Å². The zero-order valence-corrected chi connectivity index (χ0v) is 17.9. The van der Waals surface area contributed by atoms with Crippen LogP contribution >= 0.6 is 0 Å². The number of pyridine rings is 1. The Bertz CT molecular complexity index is 791. The fraction of sp³-hybridized carbons (Fsp3) is 0.727. The number of ether oxygens (including phenoxy) is 3. The maximum Gasteiger partial charge on any atom is 0.263 e. The molecule has 1 spiro atoms. The van der Waals surface area contributed by atoms with E-state index in [4.69, 9.17) is 14.2 Å². The largest absolute Gasteiger partial charge is 0.381 e. The van der Waals surface area contributed by atoms with E-state index in [1.54, 1.807) is 10.8 Å². The van der Waals surface area contributed by atoms with Gasteiger partial charge in [0.1, 0.15) is 5.56 Å². The summed E-state index contributed by atoms with van der Waals surface area (Å²) in [6.07, 6.45) is 5.06. The monoisotopic (exact) mass is 419 g/mol. The molecule has 3 saturated heterocycles. The van der Waals surface area contributed by atoms with Crippen molar-refractivity contribution in [2.24, 2.45) is 0 Å². The Morgan fingerprint density at radius 2 is 1.87 bits per heavy atom. The summed E-state index contributed by atoms with van der Waals surface area (Å²) in [4.78, 5) is 28.4. The van der Waals surface area contributed by atoms with Gasteiger partial charge in [0.25, 0.3) is 11.5 Å². The van der Waals surface area contributed by atoms with Gasteiger partial charge in [0.15, 0.2) is 0 Å². The minimum absolute atomic E-state index is 0.0187. The summed E-state index contributed by atoms with van der Waals surface area (Å²) in [5.41, 5.74) is 0.562. The molecule has 1 aromatic heterocycles. The predicted octanol–water partition coefficient (Wildman–Crippen LogP) is 0.947. The summed E-state index contributed by atoms with van der Waals surface area (Å²) >= 11 is 0. The van der Waals surface area contributed by atoms with E-state index in [0.717, 1.165) is 58.5 Å². The number of rotatable bonds is 5. The first-order valence-electron chi connectivity index (χ1n) is 11.1. The highest BCUT2D eigenvalue weighted by Crippen LogP contribution is 2.34. The summed E-state index contributed by atoms with van der Waals surface area (Å²) in [5.74, 6) is -0.271. The molecule has 0 saturated carbocycles. The number of amides is 1. The van der Waals surface area contributed by atoms with Crippen LogP contribution in [0.1, 0.15) is 41.6 Å². The molecule has 1 atom stereocenters. The number of carbonyl (C=O) groups is 1. The van der Waals surface area contributed by atoms with Gasteiger partial charge in [0.05, 0.1) is 18.8 Å². The van der Waals surface area contributed by atoms with Crippen LogP contribution < -0.4 is 10.9 Å². The van der Waals surface area contributed by atoms with Crippen LogP contribution in [0.5, 0.6) is 0 Å². The van der Waals surface area contributed by atoms with Crippen LogP contribution in [0.25, 0.3) is 0 Å². The van der Waals surface area contributed by atoms with Gasteiger partial charge < -0.3 is 24.1 Å². The molecule has 3 aliphatic rings. The average molecular weight is 420 g/mol. The van der Waals surface area contributed by atoms with E-state index >= 15 is 0 Å². The van der Waals surface area contributed by atoms with E-state index in [-0.39, 0.29) is 28.7 Å². The van der Waals surface area contributed by atoms with Gasteiger partial charge in [-0.3, -0.25) is 14.5 Å². The van der Waals surface area contributed by atoms with Crippen molar-refractivity contribution in [1.82, 2.24) is 14.8 Å². The summed E-state index contributed by atoms with van der Waals surface area (Å²) in [6, 6.07) is 1.88. The van der Waals surface area contributed by atoms with Crippen LogP contribution in [-0.2, 0) is 20.8 Å². The molecule has 0 bridgehead atoms. The van der Waals surface area contributed by atoms with E-state index in [0.29, 0.717) is 31.9 Å². The number of aryl methyl sites for hydroxylation is 1. The fourth-order valence-electron chi connectivity index (χ4n) is 4.69. The molecule has 1 unspecified atom stereocenters. The van der Waals surface area contributed by atoms with Crippen molar-refractivity contribution in [2.75, 3.05) is 52.7 Å². The second-order valence-corrected chi connectivity index (χ2v) is 8.63. The number of hydrogen-bond acceptors (Lipinski definition) is 6. The Morgan fingerprint density at radius 1 is 1.13 bits per heavy atom. The minimum atomic E-state index is -0.271. The van der Waals surface area contributed by atoms with Crippen molar-refractivity contribution in [3.05, 3.63) is 33.7 Å². The molecule has 8 nitrogen and oxygen atoms in total. The molecule has 0 radical (unpaired) electrons. The Morgan fingerprint density at radius 3 is 2.63 bits per heavy atom. The third-order valence-corrected chi connectivity index (χ3v) is 6.59. The number of carbonyl (C=O) groups excluding carboxylic acids is 1. The van der Waals surface area contributed by atoms with E-state index in [2.05, 4.69) is 10.2 Å². The van der Waals surface area contributed by atoms with Crippen molar-refractivity contribution in [2.45, 2.75) is 50.8 Å². The lowest BCUT2D eigenvalue weighted by Gasteiger charge is -2.43.